The number of hydrogen-bond donors (Lipinski definition) is 2. The Morgan fingerprint density at radius 1 is 1.10 bits per heavy atom. The second-order valence-corrected chi connectivity index (χ2v) is 4.44. The number of nitrogens with one attached hydrogen (secondary N) is 1. The lowest BCUT2D eigenvalue weighted by Crippen LogP contribution is -2.15. The standard InChI is InChI=1S/C15H11F2NO3/c1-8-3-2-4-9(5-8)14(19)18-13-7-12(17)11(16)6-10(13)15(20)21/h2-7H,1H3,(H,18,19)(H,20,21). The fourth-order valence-corrected chi connectivity index (χ4v) is 1.81. The van der Waals surface area contributed by atoms with Crippen molar-refractivity contribution in [2.45, 2.75) is 6.92 Å². The largest absolute Gasteiger partial charge is 0.478 e. The van der Waals surface area contributed by atoms with Gasteiger partial charge < -0.3 is 10.4 Å². The fourth-order valence-electron chi connectivity index (χ4n) is 1.81. The molecule has 0 bridgehead atoms. The molecule has 0 fully saturated rings. The van der Waals surface area contributed by atoms with Gasteiger partial charge in [0, 0.05) is 11.6 Å². The Balaban J connectivity index is 2.37. The summed E-state index contributed by atoms with van der Waals surface area (Å²) < 4.78 is 26.3. The number of amides is 1. The highest BCUT2D eigenvalue weighted by atomic mass is 19.2. The molecule has 108 valence electrons. The van der Waals surface area contributed by atoms with Crippen molar-refractivity contribution in [1.29, 1.82) is 0 Å². The maximum Gasteiger partial charge on any atom is 0.337 e. The minimum Gasteiger partial charge on any atom is -0.478 e. The molecule has 0 heterocycles. The van der Waals surface area contributed by atoms with E-state index in [0.29, 0.717) is 12.1 Å². The van der Waals surface area contributed by atoms with Crippen molar-refractivity contribution < 1.29 is 23.5 Å². The van der Waals surface area contributed by atoms with Crippen molar-refractivity contribution in [3.05, 3.63) is 64.7 Å². The third-order valence-electron chi connectivity index (χ3n) is 2.82. The highest BCUT2D eigenvalue weighted by molar-refractivity contribution is 6.07. The van der Waals surface area contributed by atoms with Crippen molar-refractivity contribution in [3.63, 3.8) is 0 Å². The van der Waals surface area contributed by atoms with E-state index in [4.69, 9.17) is 5.11 Å². The second kappa shape index (κ2) is 5.70. The Morgan fingerprint density at radius 2 is 1.76 bits per heavy atom. The maximum absolute atomic E-state index is 13.2. The van der Waals surface area contributed by atoms with Crippen molar-refractivity contribution in [2.24, 2.45) is 0 Å². The summed E-state index contributed by atoms with van der Waals surface area (Å²) in [6, 6.07) is 7.75. The zero-order valence-electron chi connectivity index (χ0n) is 11.0. The average molecular weight is 291 g/mol. The summed E-state index contributed by atoms with van der Waals surface area (Å²) >= 11 is 0. The Bertz CT molecular complexity index is 729. The molecule has 0 saturated heterocycles. The molecule has 0 saturated carbocycles. The quantitative estimate of drug-likeness (QED) is 0.912. The third-order valence-corrected chi connectivity index (χ3v) is 2.82. The van der Waals surface area contributed by atoms with Crippen LogP contribution in [0.4, 0.5) is 14.5 Å². The molecular formula is C15H11F2NO3. The van der Waals surface area contributed by atoms with Gasteiger partial charge in [-0.15, -0.1) is 0 Å². The molecule has 6 heteroatoms. The Hall–Kier alpha value is -2.76. The first-order valence-electron chi connectivity index (χ1n) is 5.99. The highest BCUT2D eigenvalue weighted by Crippen LogP contribution is 2.21. The average Bonchev–Trinajstić information content (AvgIpc) is 2.42. The van der Waals surface area contributed by atoms with E-state index in [1.165, 1.54) is 6.07 Å². The van der Waals surface area contributed by atoms with E-state index in [2.05, 4.69) is 5.32 Å². The second-order valence-electron chi connectivity index (χ2n) is 4.44. The van der Waals surface area contributed by atoms with Gasteiger partial charge in [0.15, 0.2) is 11.6 Å². The summed E-state index contributed by atoms with van der Waals surface area (Å²) in [4.78, 5) is 23.0. The van der Waals surface area contributed by atoms with Gasteiger partial charge in [0.1, 0.15) is 0 Å². The van der Waals surface area contributed by atoms with Gasteiger partial charge in [-0.3, -0.25) is 4.79 Å². The number of aromatic carboxylic acids is 1. The number of rotatable bonds is 3. The Kier molecular flexibility index (Phi) is 3.98. The predicted octanol–water partition coefficient (Wildman–Crippen LogP) is 3.22. The molecule has 0 aliphatic heterocycles. The van der Waals surface area contributed by atoms with Gasteiger partial charge in [0.05, 0.1) is 11.3 Å². The predicted molar refractivity (Wildman–Crippen MR) is 72.4 cm³/mol. The van der Waals surface area contributed by atoms with Crippen LogP contribution in [0.3, 0.4) is 0 Å². The lowest BCUT2D eigenvalue weighted by Gasteiger charge is -2.09. The first-order valence-corrected chi connectivity index (χ1v) is 5.99. The first kappa shape index (κ1) is 14.6. The van der Waals surface area contributed by atoms with Crippen LogP contribution in [-0.4, -0.2) is 17.0 Å². The van der Waals surface area contributed by atoms with E-state index in [9.17, 15) is 18.4 Å². The van der Waals surface area contributed by atoms with Crippen LogP contribution in [0.15, 0.2) is 36.4 Å². The van der Waals surface area contributed by atoms with Gasteiger partial charge in [-0.25, -0.2) is 13.6 Å². The van der Waals surface area contributed by atoms with E-state index >= 15 is 0 Å². The lowest BCUT2D eigenvalue weighted by atomic mass is 10.1. The monoisotopic (exact) mass is 291 g/mol. The number of carboxylic acids is 1. The summed E-state index contributed by atoms with van der Waals surface area (Å²) in [7, 11) is 0. The van der Waals surface area contributed by atoms with Crippen LogP contribution in [0.1, 0.15) is 26.3 Å². The smallest absolute Gasteiger partial charge is 0.337 e. The number of halogens is 2. The van der Waals surface area contributed by atoms with Crippen molar-refractivity contribution in [3.8, 4) is 0 Å². The van der Waals surface area contributed by atoms with Gasteiger partial charge in [-0.1, -0.05) is 17.7 Å². The van der Waals surface area contributed by atoms with Crippen LogP contribution in [0.25, 0.3) is 0 Å². The van der Waals surface area contributed by atoms with Gasteiger partial charge in [0.2, 0.25) is 0 Å². The topological polar surface area (TPSA) is 66.4 Å². The molecule has 1 amide bonds. The summed E-state index contributed by atoms with van der Waals surface area (Å²) in [5, 5.41) is 11.2. The van der Waals surface area contributed by atoms with Crippen molar-refractivity contribution in [2.75, 3.05) is 5.32 Å². The number of hydrogen-bond acceptors (Lipinski definition) is 2. The Labute approximate surface area is 119 Å². The highest BCUT2D eigenvalue weighted by Gasteiger charge is 2.17. The van der Waals surface area contributed by atoms with E-state index < -0.39 is 29.1 Å². The SMILES string of the molecule is Cc1cccc(C(=O)Nc2cc(F)c(F)cc2C(=O)O)c1. The van der Waals surface area contributed by atoms with Crippen LogP contribution in [-0.2, 0) is 0 Å². The molecule has 2 rings (SSSR count). The molecular weight excluding hydrogens is 280 g/mol. The van der Waals surface area contributed by atoms with Crippen LogP contribution < -0.4 is 5.32 Å². The summed E-state index contributed by atoms with van der Waals surface area (Å²) in [6.45, 7) is 1.79. The normalized spacial score (nSPS) is 10.2. The van der Waals surface area contributed by atoms with Crippen molar-refractivity contribution in [1.82, 2.24) is 0 Å². The summed E-state index contributed by atoms with van der Waals surface area (Å²) in [5.41, 5.74) is 0.310. The van der Waals surface area contributed by atoms with E-state index in [0.717, 1.165) is 5.56 Å². The third kappa shape index (κ3) is 3.22. The molecule has 4 nitrogen and oxygen atoms in total. The van der Waals surface area contributed by atoms with Gasteiger partial charge in [-0.05, 0) is 25.1 Å². The molecule has 0 radical (unpaired) electrons. The number of carboxylic acid groups (broad SMARTS) is 1. The number of anilines is 1. The van der Waals surface area contributed by atoms with Crippen LogP contribution in [0, 0.1) is 18.6 Å². The molecule has 0 aliphatic carbocycles. The molecule has 0 spiro atoms. The fraction of sp³-hybridized carbons (Fsp3) is 0.0667. The minimum absolute atomic E-state index is 0.288. The van der Waals surface area contributed by atoms with Crippen molar-refractivity contribution >= 4 is 17.6 Å². The molecule has 2 N–H and O–H groups in total. The molecule has 2 aromatic rings. The number of aryl methyl sites for hydroxylation is 1. The first-order chi connectivity index (χ1) is 9.88. The van der Waals surface area contributed by atoms with Crippen LogP contribution in [0.2, 0.25) is 0 Å². The van der Waals surface area contributed by atoms with E-state index in [1.54, 1.807) is 25.1 Å². The molecule has 0 aromatic heterocycles. The molecule has 21 heavy (non-hydrogen) atoms. The van der Waals surface area contributed by atoms with Gasteiger partial charge >= 0.3 is 5.97 Å². The zero-order chi connectivity index (χ0) is 15.6. The van der Waals surface area contributed by atoms with E-state index in [1.807, 2.05) is 0 Å². The molecule has 0 unspecified atom stereocenters. The minimum atomic E-state index is -1.46. The zero-order valence-corrected chi connectivity index (χ0v) is 11.0. The lowest BCUT2D eigenvalue weighted by molar-refractivity contribution is 0.0697. The van der Waals surface area contributed by atoms with Crippen LogP contribution in [0.5, 0.6) is 0 Å². The summed E-state index contributed by atoms with van der Waals surface area (Å²) in [6.07, 6.45) is 0. The number of benzene rings is 2. The maximum atomic E-state index is 13.2. The number of carbonyl (C=O) groups excluding carboxylic acids is 1. The Morgan fingerprint density at radius 3 is 2.38 bits per heavy atom. The molecule has 0 atom stereocenters. The number of carbonyl (C=O) groups is 2. The van der Waals surface area contributed by atoms with Crippen LogP contribution >= 0.6 is 0 Å². The molecule has 0 aliphatic rings. The van der Waals surface area contributed by atoms with Gasteiger partial charge in [0.25, 0.3) is 5.91 Å². The molecule has 2 aromatic carbocycles. The van der Waals surface area contributed by atoms with E-state index in [-0.39, 0.29) is 11.3 Å². The van der Waals surface area contributed by atoms with Gasteiger partial charge in [-0.2, -0.15) is 0 Å². The summed E-state index contributed by atoms with van der Waals surface area (Å²) in [5.74, 6) is -4.60.